The van der Waals surface area contributed by atoms with E-state index < -0.39 is 5.97 Å². The molecule has 4 aromatic rings. The van der Waals surface area contributed by atoms with Crippen molar-refractivity contribution in [3.8, 4) is 45.6 Å². The first-order valence-electron chi connectivity index (χ1n) is 12.0. The van der Waals surface area contributed by atoms with Crippen LogP contribution in [0.5, 0.6) is 34.5 Å². The quantitative estimate of drug-likeness (QED) is 0.246. The third kappa shape index (κ3) is 4.47. The summed E-state index contributed by atoms with van der Waals surface area (Å²) < 4.78 is 38.8. The molecule has 196 valence electrons. The molecule has 2 heterocycles. The second kappa shape index (κ2) is 10.4. The normalized spacial score (nSPS) is 12.2. The lowest BCUT2D eigenvalue weighted by atomic mass is 10.0. The Kier molecular flexibility index (Phi) is 6.83. The van der Waals surface area contributed by atoms with Crippen LogP contribution < -0.4 is 33.8 Å². The zero-order chi connectivity index (χ0) is 26.8. The molecule has 0 bridgehead atoms. The number of rotatable bonds is 7. The van der Waals surface area contributed by atoms with Crippen LogP contribution in [-0.2, 0) is 6.42 Å². The first kappa shape index (κ1) is 25.0. The van der Waals surface area contributed by atoms with Gasteiger partial charge in [0, 0.05) is 6.07 Å². The zero-order valence-corrected chi connectivity index (χ0v) is 21.4. The van der Waals surface area contributed by atoms with Gasteiger partial charge < -0.3 is 32.8 Å². The summed E-state index contributed by atoms with van der Waals surface area (Å²) in [5.74, 6) is 1.88. The minimum absolute atomic E-state index is 0.206. The lowest BCUT2D eigenvalue weighted by Gasteiger charge is -2.18. The van der Waals surface area contributed by atoms with Gasteiger partial charge in [-0.25, -0.2) is 4.79 Å². The van der Waals surface area contributed by atoms with Crippen LogP contribution in [0.15, 0.2) is 57.9 Å². The Morgan fingerprint density at radius 1 is 0.868 bits per heavy atom. The van der Waals surface area contributed by atoms with Gasteiger partial charge in [-0.2, -0.15) is 0 Å². The lowest BCUT2D eigenvalue weighted by molar-refractivity contribution is 0.0732. The minimum atomic E-state index is -0.631. The maximum Gasteiger partial charge on any atom is 0.343 e. The molecule has 0 spiro atoms. The number of ether oxygens (including phenoxy) is 6. The van der Waals surface area contributed by atoms with Crippen LogP contribution >= 0.6 is 0 Å². The summed E-state index contributed by atoms with van der Waals surface area (Å²) in [6, 6.07) is 11.6. The number of carbonyl (C=O) groups is 1. The summed E-state index contributed by atoms with van der Waals surface area (Å²) in [7, 11) is 4.41. The number of carbonyl (C=O) groups excluding carboxylic acids is 1. The third-order valence-electron chi connectivity index (χ3n) is 6.29. The summed E-state index contributed by atoms with van der Waals surface area (Å²) in [6.07, 6.45) is 1.91. The van der Waals surface area contributed by atoms with Crippen LogP contribution in [0.2, 0.25) is 0 Å². The third-order valence-corrected chi connectivity index (χ3v) is 6.29. The Morgan fingerprint density at radius 3 is 2.24 bits per heavy atom. The van der Waals surface area contributed by atoms with Gasteiger partial charge in [0.1, 0.15) is 30.8 Å². The molecule has 0 saturated heterocycles. The van der Waals surface area contributed by atoms with Gasteiger partial charge in [-0.3, -0.25) is 4.79 Å². The number of fused-ring (bicyclic) bond motifs is 2. The van der Waals surface area contributed by atoms with Gasteiger partial charge in [0.2, 0.25) is 11.2 Å². The van der Waals surface area contributed by atoms with E-state index in [4.69, 9.17) is 32.8 Å². The Balaban J connectivity index is 1.51. The van der Waals surface area contributed by atoms with Gasteiger partial charge >= 0.3 is 5.97 Å². The molecule has 0 atom stereocenters. The maximum atomic E-state index is 13.4. The standard InChI is InChI=1S/C29H26O9/c1-5-16-10-19-23(37-15-20(27(19)30)17-6-7-21-24(11-17)36-9-8-35-21)14-22(16)38-29(31)18-12-25(32-2)28(34-4)26(13-18)33-3/h6-7,10-15H,5,8-9H2,1-4H3. The first-order valence-corrected chi connectivity index (χ1v) is 12.0. The molecule has 1 aromatic heterocycles. The number of hydrogen-bond acceptors (Lipinski definition) is 9. The molecule has 0 N–H and O–H groups in total. The van der Waals surface area contributed by atoms with E-state index in [0.717, 1.165) is 0 Å². The highest BCUT2D eigenvalue weighted by atomic mass is 16.6. The van der Waals surface area contributed by atoms with Gasteiger partial charge in [0.15, 0.2) is 23.0 Å². The second-order valence-corrected chi connectivity index (χ2v) is 8.45. The van der Waals surface area contributed by atoms with Crippen LogP contribution in [0, 0.1) is 0 Å². The molecule has 5 rings (SSSR count). The van der Waals surface area contributed by atoms with Crippen molar-refractivity contribution < 1.29 is 37.6 Å². The topological polar surface area (TPSA) is 103 Å². The van der Waals surface area contributed by atoms with E-state index in [1.54, 1.807) is 30.3 Å². The predicted molar refractivity (Wildman–Crippen MR) is 139 cm³/mol. The Bertz CT molecular complexity index is 1560. The van der Waals surface area contributed by atoms with Crippen LogP contribution in [0.3, 0.4) is 0 Å². The summed E-state index contributed by atoms with van der Waals surface area (Å²) in [5.41, 5.74) is 2.00. The second-order valence-electron chi connectivity index (χ2n) is 8.45. The number of methoxy groups -OCH3 is 3. The molecule has 38 heavy (non-hydrogen) atoms. The van der Waals surface area contributed by atoms with Gasteiger partial charge in [-0.05, 0) is 47.9 Å². The average Bonchev–Trinajstić information content (AvgIpc) is 2.96. The van der Waals surface area contributed by atoms with Crippen LogP contribution in [0.25, 0.3) is 22.1 Å². The van der Waals surface area contributed by atoms with Gasteiger partial charge in [0.25, 0.3) is 0 Å². The summed E-state index contributed by atoms with van der Waals surface area (Å²) in [5, 5.41) is 0.377. The zero-order valence-electron chi connectivity index (χ0n) is 21.4. The van der Waals surface area contributed by atoms with E-state index in [2.05, 4.69) is 0 Å². The summed E-state index contributed by atoms with van der Waals surface area (Å²) in [4.78, 5) is 26.5. The molecule has 3 aromatic carbocycles. The first-order chi connectivity index (χ1) is 18.5. The highest BCUT2D eigenvalue weighted by molar-refractivity contribution is 5.94. The van der Waals surface area contributed by atoms with Crippen LogP contribution in [0.1, 0.15) is 22.8 Å². The fourth-order valence-corrected chi connectivity index (χ4v) is 4.34. The molecule has 0 saturated carbocycles. The molecule has 9 nitrogen and oxygen atoms in total. The van der Waals surface area contributed by atoms with Crippen molar-refractivity contribution in [3.63, 3.8) is 0 Å². The number of hydrogen-bond donors (Lipinski definition) is 0. The number of esters is 1. The smallest absolute Gasteiger partial charge is 0.343 e. The van der Waals surface area contributed by atoms with Gasteiger partial charge in [-0.1, -0.05) is 13.0 Å². The van der Waals surface area contributed by atoms with Crippen molar-refractivity contribution in [1.29, 1.82) is 0 Å². The highest BCUT2D eigenvalue weighted by Gasteiger charge is 2.21. The van der Waals surface area contributed by atoms with E-state index in [0.29, 0.717) is 76.0 Å². The maximum absolute atomic E-state index is 13.4. The lowest BCUT2D eigenvalue weighted by Crippen LogP contribution is -2.15. The molecule has 1 aliphatic rings. The van der Waals surface area contributed by atoms with Crippen molar-refractivity contribution in [2.75, 3.05) is 34.5 Å². The van der Waals surface area contributed by atoms with E-state index in [9.17, 15) is 9.59 Å². The SMILES string of the molecule is CCc1cc2c(=O)c(-c3ccc4c(c3)OCCO4)coc2cc1OC(=O)c1cc(OC)c(OC)c(OC)c1. The number of benzene rings is 3. The monoisotopic (exact) mass is 518 g/mol. The average molecular weight is 519 g/mol. The summed E-state index contributed by atoms with van der Waals surface area (Å²) >= 11 is 0. The Morgan fingerprint density at radius 2 is 1.58 bits per heavy atom. The Hall–Kier alpha value is -4.66. The van der Waals surface area contributed by atoms with E-state index in [-0.39, 0.29) is 16.7 Å². The number of aryl methyl sites for hydroxylation is 1. The van der Waals surface area contributed by atoms with Crippen molar-refractivity contribution in [2.45, 2.75) is 13.3 Å². The van der Waals surface area contributed by atoms with Crippen LogP contribution in [0.4, 0.5) is 0 Å². The molecular weight excluding hydrogens is 492 g/mol. The van der Waals surface area contributed by atoms with Crippen molar-refractivity contribution >= 4 is 16.9 Å². The van der Waals surface area contributed by atoms with E-state index >= 15 is 0 Å². The van der Waals surface area contributed by atoms with E-state index in [1.165, 1.54) is 39.7 Å². The molecule has 0 radical (unpaired) electrons. The fourth-order valence-electron chi connectivity index (χ4n) is 4.34. The Labute approximate surface area is 218 Å². The minimum Gasteiger partial charge on any atom is -0.493 e. The molecule has 0 unspecified atom stereocenters. The largest absolute Gasteiger partial charge is 0.493 e. The van der Waals surface area contributed by atoms with Gasteiger partial charge in [-0.15, -0.1) is 0 Å². The molecule has 0 aliphatic carbocycles. The van der Waals surface area contributed by atoms with Crippen molar-refractivity contribution in [3.05, 3.63) is 70.1 Å². The van der Waals surface area contributed by atoms with E-state index in [1.807, 2.05) is 6.92 Å². The van der Waals surface area contributed by atoms with Gasteiger partial charge in [0.05, 0.1) is 37.8 Å². The molecule has 0 fully saturated rings. The molecule has 1 aliphatic heterocycles. The van der Waals surface area contributed by atoms with Crippen molar-refractivity contribution in [1.82, 2.24) is 0 Å². The molecule has 9 heteroatoms. The van der Waals surface area contributed by atoms with Crippen LogP contribution in [-0.4, -0.2) is 40.5 Å². The molecule has 0 amide bonds. The highest BCUT2D eigenvalue weighted by Crippen LogP contribution is 2.39. The predicted octanol–water partition coefficient (Wildman–Crippen LogP) is 5.04. The fraction of sp³-hybridized carbons (Fsp3) is 0.241. The van der Waals surface area contributed by atoms with Crippen molar-refractivity contribution in [2.24, 2.45) is 0 Å². The molecular formula is C29H26O9. The summed E-state index contributed by atoms with van der Waals surface area (Å²) in [6.45, 7) is 2.83.